The number of anilines is 1. The molecule has 0 saturated carbocycles. The van der Waals surface area contributed by atoms with E-state index in [9.17, 15) is 4.79 Å². The number of hydrogen-bond acceptors (Lipinski definition) is 5. The normalized spacial score (nSPS) is 15.2. The highest BCUT2D eigenvalue weighted by molar-refractivity contribution is 5.76. The highest BCUT2D eigenvalue weighted by Gasteiger charge is 2.17. The number of aromatic nitrogens is 3. The second-order valence-electron chi connectivity index (χ2n) is 6.79. The summed E-state index contributed by atoms with van der Waals surface area (Å²) in [6.45, 7) is 8.47. The maximum atomic E-state index is 12.0. The fourth-order valence-corrected chi connectivity index (χ4v) is 3.22. The molecular weight excluding hydrogens is 328 g/mol. The third kappa shape index (κ3) is 5.56. The van der Waals surface area contributed by atoms with Crippen LogP contribution in [0.1, 0.15) is 18.4 Å². The van der Waals surface area contributed by atoms with Gasteiger partial charge in [0.2, 0.25) is 5.91 Å². The van der Waals surface area contributed by atoms with Crippen molar-refractivity contribution in [3.05, 3.63) is 42.2 Å². The Bertz CT molecular complexity index is 679. The van der Waals surface area contributed by atoms with Gasteiger partial charge < -0.3 is 10.2 Å². The van der Waals surface area contributed by atoms with Crippen molar-refractivity contribution in [1.82, 2.24) is 25.2 Å². The van der Waals surface area contributed by atoms with Crippen molar-refractivity contribution < 1.29 is 4.79 Å². The number of aryl methyl sites for hydroxylation is 2. The second-order valence-corrected chi connectivity index (χ2v) is 6.79. The third-order valence-electron chi connectivity index (χ3n) is 4.75. The third-order valence-corrected chi connectivity index (χ3v) is 4.75. The zero-order chi connectivity index (χ0) is 18.2. The molecule has 0 bridgehead atoms. The SMILES string of the molecule is Cc1cccc(N2CCN(CCC(=O)NCCCn3ccnn3)CC2)c1. The number of rotatable bonds is 8. The molecule has 7 nitrogen and oxygen atoms in total. The lowest BCUT2D eigenvalue weighted by molar-refractivity contribution is -0.121. The van der Waals surface area contributed by atoms with Crippen LogP contribution in [0.3, 0.4) is 0 Å². The quantitative estimate of drug-likeness (QED) is 0.723. The van der Waals surface area contributed by atoms with Crippen molar-refractivity contribution in [2.24, 2.45) is 0 Å². The van der Waals surface area contributed by atoms with E-state index < -0.39 is 0 Å². The molecule has 0 radical (unpaired) electrons. The van der Waals surface area contributed by atoms with E-state index in [1.807, 2.05) is 6.20 Å². The maximum Gasteiger partial charge on any atom is 0.221 e. The Morgan fingerprint density at radius 3 is 2.77 bits per heavy atom. The monoisotopic (exact) mass is 356 g/mol. The molecule has 2 aromatic rings. The van der Waals surface area contributed by atoms with Gasteiger partial charge in [-0.1, -0.05) is 17.3 Å². The summed E-state index contributed by atoms with van der Waals surface area (Å²) in [6.07, 6.45) is 4.92. The van der Waals surface area contributed by atoms with Crippen LogP contribution in [0.25, 0.3) is 0 Å². The average molecular weight is 356 g/mol. The molecule has 0 spiro atoms. The summed E-state index contributed by atoms with van der Waals surface area (Å²) in [5, 5.41) is 10.7. The van der Waals surface area contributed by atoms with E-state index in [4.69, 9.17) is 0 Å². The van der Waals surface area contributed by atoms with Crippen LogP contribution in [0, 0.1) is 6.92 Å². The number of benzene rings is 1. The van der Waals surface area contributed by atoms with Crippen molar-refractivity contribution >= 4 is 11.6 Å². The van der Waals surface area contributed by atoms with Gasteiger partial charge in [0, 0.05) is 64.1 Å². The lowest BCUT2D eigenvalue weighted by Gasteiger charge is -2.36. The van der Waals surface area contributed by atoms with E-state index in [1.54, 1.807) is 10.9 Å². The van der Waals surface area contributed by atoms with Gasteiger partial charge in [0.15, 0.2) is 0 Å². The van der Waals surface area contributed by atoms with Crippen LogP contribution in [0.5, 0.6) is 0 Å². The number of amides is 1. The molecule has 3 rings (SSSR count). The van der Waals surface area contributed by atoms with Crippen molar-refractivity contribution in [2.45, 2.75) is 26.3 Å². The van der Waals surface area contributed by atoms with Crippen LogP contribution >= 0.6 is 0 Å². The van der Waals surface area contributed by atoms with E-state index in [-0.39, 0.29) is 5.91 Å². The molecule has 140 valence electrons. The number of carbonyl (C=O) groups is 1. The average Bonchev–Trinajstić information content (AvgIpc) is 3.17. The molecule has 1 N–H and O–H groups in total. The first-order valence-corrected chi connectivity index (χ1v) is 9.35. The van der Waals surface area contributed by atoms with Gasteiger partial charge in [-0.3, -0.25) is 14.4 Å². The Morgan fingerprint density at radius 1 is 1.19 bits per heavy atom. The zero-order valence-electron chi connectivity index (χ0n) is 15.5. The Labute approximate surface area is 155 Å². The van der Waals surface area contributed by atoms with Crippen LogP contribution in [0.4, 0.5) is 5.69 Å². The molecule has 1 aromatic carbocycles. The first-order valence-electron chi connectivity index (χ1n) is 9.35. The molecule has 26 heavy (non-hydrogen) atoms. The Kier molecular flexibility index (Phi) is 6.60. The topological polar surface area (TPSA) is 66.3 Å². The van der Waals surface area contributed by atoms with Gasteiger partial charge >= 0.3 is 0 Å². The van der Waals surface area contributed by atoms with Crippen molar-refractivity contribution in [2.75, 3.05) is 44.2 Å². The van der Waals surface area contributed by atoms with Gasteiger partial charge in [0.1, 0.15) is 0 Å². The first-order chi connectivity index (χ1) is 12.7. The minimum Gasteiger partial charge on any atom is -0.369 e. The fourth-order valence-electron chi connectivity index (χ4n) is 3.22. The van der Waals surface area contributed by atoms with Gasteiger partial charge in [-0.15, -0.1) is 5.10 Å². The molecular formula is C19H28N6O. The lowest BCUT2D eigenvalue weighted by atomic mass is 10.2. The minimum atomic E-state index is 0.129. The van der Waals surface area contributed by atoms with E-state index in [1.165, 1.54) is 11.3 Å². The highest BCUT2D eigenvalue weighted by Crippen LogP contribution is 2.17. The van der Waals surface area contributed by atoms with Gasteiger partial charge in [0.25, 0.3) is 0 Å². The van der Waals surface area contributed by atoms with Crippen molar-refractivity contribution in [1.29, 1.82) is 0 Å². The van der Waals surface area contributed by atoms with Crippen LogP contribution in [-0.2, 0) is 11.3 Å². The number of carbonyl (C=O) groups excluding carboxylic acids is 1. The summed E-state index contributed by atoms with van der Waals surface area (Å²) in [5.41, 5.74) is 2.60. The minimum absolute atomic E-state index is 0.129. The number of nitrogens with zero attached hydrogens (tertiary/aromatic N) is 5. The predicted molar refractivity (Wildman–Crippen MR) is 102 cm³/mol. The number of nitrogens with one attached hydrogen (secondary N) is 1. The number of piperazine rings is 1. The molecule has 0 unspecified atom stereocenters. The predicted octanol–water partition coefficient (Wildman–Crippen LogP) is 1.31. The maximum absolute atomic E-state index is 12.0. The lowest BCUT2D eigenvalue weighted by Crippen LogP contribution is -2.47. The summed E-state index contributed by atoms with van der Waals surface area (Å²) >= 11 is 0. The molecule has 0 aliphatic carbocycles. The standard InChI is InChI=1S/C19H28N6O/c1-17-4-2-5-18(16-17)24-14-12-23(13-15-24)10-6-19(26)20-7-3-9-25-11-8-21-22-25/h2,4-5,8,11,16H,3,6-7,9-10,12-15H2,1H3,(H,20,26). The van der Waals surface area contributed by atoms with Gasteiger partial charge in [-0.05, 0) is 31.0 Å². The molecule has 1 aromatic heterocycles. The van der Waals surface area contributed by atoms with Gasteiger partial charge in [0.05, 0.1) is 6.20 Å². The Balaban J connectivity index is 1.29. The van der Waals surface area contributed by atoms with Crippen LogP contribution < -0.4 is 10.2 Å². The second kappa shape index (κ2) is 9.33. The van der Waals surface area contributed by atoms with Crippen LogP contribution in [0.15, 0.2) is 36.7 Å². The van der Waals surface area contributed by atoms with Crippen LogP contribution in [-0.4, -0.2) is 65.1 Å². The Morgan fingerprint density at radius 2 is 2.04 bits per heavy atom. The van der Waals surface area contributed by atoms with Crippen molar-refractivity contribution in [3.63, 3.8) is 0 Å². The van der Waals surface area contributed by atoms with E-state index >= 15 is 0 Å². The Hall–Kier alpha value is -2.41. The molecule has 7 heteroatoms. The number of hydrogen-bond donors (Lipinski definition) is 1. The van der Waals surface area contributed by atoms with E-state index in [0.29, 0.717) is 13.0 Å². The van der Waals surface area contributed by atoms with Gasteiger partial charge in [-0.2, -0.15) is 0 Å². The zero-order valence-corrected chi connectivity index (χ0v) is 15.5. The van der Waals surface area contributed by atoms with E-state index in [2.05, 4.69) is 56.6 Å². The largest absolute Gasteiger partial charge is 0.369 e. The molecule has 1 fully saturated rings. The summed E-state index contributed by atoms with van der Waals surface area (Å²) < 4.78 is 1.78. The summed E-state index contributed by atoms with van der Waals surface area (Å²) in [6, 6.07) is 8.66. The molecule has 1 aliphatic heterocycles. The molecule has 1 amide bonds. The summed E-state index contributed by atoms with van der Waals surface area (Å²) in [7, 11) is 0. The van der Waals surface area contributed by atoms with Crippen molar-refractivity contribution in [3.8, 4) is 0 Å². The first kappa shape index (κ1) is 18.4. The molecule has 1 saturated heterocycles. The molecule has 1 aliphatic rings. The van der Waals surface area contributed by atoms with Gasteiger partial charge in [-0.25, -0.2) is 0 Å². The molecule has 0 atom stereocenters. The smallest absolute Gasteiger partial charge is 0.221 e. The summed E-state index contributed by atoms with van der Waals surface area (Å²) in [4.78, 5) is 16.8. The molecule has 2 heterocycles. The highest BCUT2D eigenvalue weighted by atomic mass is 16.1. The van der Waals surface area contributed by atoms with E-state index in [0.717, 1.165) is 45.7 Å². The summed E-state index contributed by atoms with van der Waals surface area (Å²) in [5.74, 6) is 0.129. The van der Waals surface area contributed by atoms with Crippen LogP contribution in [0.2, 0.25) is 0 Å². The fraction of sp³-hybridized carbons (Fsp3) is 0.526.